The Balaban J connectivity index is 1.26. The average Bonchev–Trinajstić information content (AvgIpc) is 3.22. The number of nitrogens with zero attached hydrogens (tertiary/aromatic N) is 7. The highest BCUT2D eigenvalue weighted by Gasteiger charge is 2.28. The van der Waals surface area contributed by atoms with Crippen LogP contribution in [-0.4, -0.2) is 85.6 Å². The van der Waals surface area contributed by atoms with Crippen LogP contribution in [0.1, 0.15) is 31.7 Å². The number of fused-ring (bicyclic) bond motifs is 3. The van der Waals surface area contributed by atoms with Crippen molar-refractivity contribution in [2.75, 3.05) is 45.8 Å². The third-order valence-electron chi connectivity index (χ3n) is 7.35. The van der Waals surface area contributed by atoms with Gasteiger partial charge in [0.2, 0.25) is 11.7 Å². The van der Waals surface area contributed by atoms with Crippen molar-refractivity contribution < 1.29 is 4.79 Å². The Morgan fingerprint density at radius 2 is 1.71 bits per heavy atom. The second kappa shape index (κ2) is 9.11. The number of carbonyl (C=O) groups is 1. The van der Waals surface area contributed by atoms with Crippen LogP contribution in [0.25, 0.3) is 16.7 Å². The Bertz CT molecular complexity index is 1260. The van der Waals surface area contributed by atoms with Gasteiger partial charge in [0.15, 0.2) is 5.82 Å². The Morgan fingerprint density at radius 3 is 2.41 bits per heavy atom. The van der Waals surface area contributed by atoms with Gasteiger partial charge in [-0.2, -0.15) is 0 Å². The van der Waals surface area contributed by atoms with Crippen LogP contribution in [0.15, 0.2) is 23.0 Å². The summed E-state index contributed by atoms with van der Waals surface area (Å²) in [6.07, 6.45) is 1.21. The summed E-state index contributed by atoms with van der Waals surface area (Å²) in [5.41, 5.74) is 1.84. The summed E-state index contributed by atoms with van der Waals surface area (Å²) < 4.78 is 3.58. The number of hydrogen-bond donors (Lipinski definition) is 0. The molecule has 0 radical (unpaired) electrons. The van der Waals surface area contributed by atoms with Crippen LogP contribution >= 0.6 is 0 Å². The second-order valence-corrected chi connectivity index (χ2v) is 10.4. The van der Waals surface area contributed by atoms with E-state index in [0.29, 0.717) is 36.1 Å². The molecule has 4 heterocycles. The Hall–Kier alpha value is -2.78. The van der Waals surface area contributed by atoms with Crippen molar-refractivity contribution in [2.24, 2.45) is 18.9 Å². The van der Waals surface area contributed by atoms with Crippen LogP contribution in [0.2, 0.25) is 0 Å². The standard InChI is InChI=1S/C25H35N7O2/c1-17-5-6-21-20(12-17)24(34)28(4)25-27-26-22(32(21)25)15-29-7-9-30(10-8-29)16-23(33)31-13-18(2)11-19(3)14-31/h5-6,12,18-19H,7-11,13-16H2,1-4H3. The van der Waals surface area contributed by atoms with Gasteiger partial charge in [-0.1, -0.05) is 25.5 Å². The van der Waals surface area contributed by atoms with E-state index in [1.165, 1.54) is 6.42 Å². The number of piperazine rings is 1. The minimum atomic E-state index is -0.0547. The van der Waals surface area contributed by atoms with E-state index in [2.05, 4.69) is 38.7 Å². The van der Waals surface area contributed by atoms with Gasteiger partial charge in [0.25, 0.3) is 5.56 Å². The number of likely N-dealkylation sites (tertiary alicyclic amines) is 1. The lowest BCUT2D eigenvalue weighted by molar-refractivity contribution is -0.135. The Morgan fingerprint density at radius 1 is 1.03 bits per heavy atom. The fraction of sp³-hybridized carbons (Fsp3) is 0.600. The molecule has 34 heavy (non-hydrogen) atoms. The largest absolute Gasteiger partial charge is 0.341 e. The van der Waals surface area contributed by atoms with Crippen molar-refractivity contribution in [3.8, 4) is 0 Å². The first-order valence-corrected chi connectivity index (χ1v) is 12.4. The summed E-state index contributed by atoms with van der Waals surface area (Å²) in [7, 11) is 1.75. The molecule has 9 heteroatoms. The van der Waals surface area contributed by atoms with Crippen molar-refractivity contribution in [3.63, 3.8) is 0 Å². The number of hydrogen-bond acceptors (Lipinski definition) is 6. The fourth-order valence-corrected chi connectivity index (χ4v) is 5.62. The monoisotopic (exact) mass is 465 g/mol. The Kier molecular flexibility index (Phi) is 6.16. The summed E-state index contributed by atoms with van der Waals surface area (Å²) in [5, 5.41) is 9.45. The molecule has 1 aromatic carbocycles. The molecule has 2 unspecified atom stereocenters. The molecule has 5 rings (SSSR count). The van der Waals surface area contributed by atoms with Gasteiger partial charge >= 0.3 is 0 Å². The Labute approximate surface area is 199 Å². The average molecular weight is 466 g/mol. The van der Waals surface area contributed by atoms with Crippen molar-refractivity contribution in [3.05, 3.63) is 39.9 Å². The summed E-state index contributed by atoms with van der Waals surface area (Å²) >= 11 is 0. The van der Waals surface area contributed by atoms with Gasteiger partial charge < -0.3 is 4.90 Å². The first-order valence-electron chi connectivity index (χ1n) is 12.4. The van der Waals surface area contributed by atoms with Crippen LogP contribution < -0.4 is 5.56 Å². The smallest absolute Gasteiger partial charge is 0.262 e. The molecule has 2 aliphatic heterocycles. The van der Waals surface area contributed by atoms with Gasteiger partial charge in [0.05, 0.1) is 24.0 Å². The predicted molar refractivity (Wildman–Crippen MR) is 132 cm³/mol. The molecule has 2 aromatic heterocycles. The fourth-order valence-electron chi connectivity index (χ4n) is 5.62. The number of benzene rings is 1. The van der Waals surface area contributed by atoms with E-state index in [0.717, 1.165) is 56.2 Å². The molecule has 2 fully saturated rings. The zero-order valence-electron chi connectivity index (χ0n) is 20.7. The highest BCUT2D eigenvalue weighted by Crippen LogP contribution is 2.21. The van der Waals surface area contributed by atoms with Crippen LogP contribution in [0.5, 0.6) is 0 Å². The lowest BCUT2D eigenvalue weighted by atomic mass is 9.92. The molecule has 9 nitrogen and oxygen atoms in total. The van der Waals surface area contributed by atoms with Gasteiger partial charge in [-0.25, -0.2) is 0 Å². The second-order valence-electron chi connectivity index (χ2n) is 10.4. The number of aryl methyl sites for hydroxylation is 2. The van der Waals surface area contributed by atoms with Gasteiger partial charge in [-0.15, -0.1) is 10.2 Å². The third kappa shape index (κ3) is 4.34. The number of amides is 1. The molecular formula is C25H35N7O2. The van der Waals surface area contributed by atoms with Gasteiger partial charge in [0, 0.05) is 46.3 Å². The molecule has 2 saturated heterocycles. The van der Waals surface area contributed by atoms with E-state index >= 15 is 0 Å². The zero-order valence-corrected chi connectivity index (χ0v) is 20.7. The van der Waals surface area contributed by atoms with Crippen molar-refractivity contribution in [1.29, 1.82) is 0 Å². The SMILES string of the molecule is Cc1ccc2c(c1)c(=O)n(C)c1nnc(CN3CCN(CC(=O)N4CC(C)CC(C)C4)CC3)n21. The molecule has 0 spiro atoms. The summed E-state index contributed by atoms with van der Waals surface area (Å²) in [4.78, 5) is 32.4. The van der Waals surface area contributed by atoms with E-state index in [-0.39, 0.29) is 11.5 Å². The number of carbonyl (C=O) groups excluding carboxylic acids is 1. The van der Waals surface area contributed by atoms with Gasteiger partial charge in [0.1, 0.15) is 0 Å². The topological polar surface area (TPSA) is 79.0 Å². The van der Waals surface area contributed by atoms with E-state index in [1.54, 1.807) is 11.6 Å². The van der Waals surface area contributed by atoms with Crippen LogP contribution in [0.3, 0.4) is 0 Å². The van der Waals surface area contributed by atoms with E-state index in [1.807, 2.05) is 29.5 Å². The van der Waals surface area contributed by atoms with Crippen LogP contribution in [0, 0.1) is 18.8 Å². The maximum Gasteiger partial charge on any atom is 0.262 e. The van der Waals surface area contributed by atoms with E-state index < -0.39 is 0 Å². The maximum atomic E-state index is 12.9. The molecule has 0 saturated carbocycles. The highest BCUT2D eigenvalue weighted by atomic mass is 16.2. The molecule has 182 valence electrons. The number of piperidine rings is 1. The molecule has 2 atom stereocenters. The lowest BCUT2D eigenvalue weighted by Crippen LogP contribution is -2.51. The summed E-state index contributed by atoms with van der Waals surface area (Å²) in [6.45, 7) is 12.9. The summed E-state index contributed by atoms with van der Waals surface area (Å²) in [6, 6.07) is 5.93. The first kappa shape index (κ1) is 23.0. The third-order valence-corrected chi connectivity index (χ3v) is 7.35. The normalized spacial score (nSPS) is 22.6. The molecule has 2 aliphatic rings. The van der Waals surface area contributed by atoms with E-state index in [4.69, 9.17) is 0 Å². The first-order chi connectivity index (χ1) is 16.3. The van der Waals surface area contributed by atoms with Crippen molar-refractivity contribution in [1.82, 2.24) is 33.9 Å². The van der Waals surface area contributed by atoms with E-state index in [9.17, 15) is 9.59 Å². The summed E-state index contributed by atoms with van der Waals surface area (Å²) in [5.74, 6) is 2.83. The number of rotatable bonds is 4. The predicted octanol–water partition coefficient (Wildman–Crippen LogP) is 1.51. The molecular weight excluding hydrogens is 430 g/mol. The zero-order chi connectivity index (χ0) is 24.0. The van der Waals surface area contributed by atoms with Gasteiger partial charge in [-0.05, 0) is 37.3 Å². The molecule has 1 amide bonds. The van der Waals surface area contributed by atoms with Crippen LogP contribution in [0.4, 0.5) is 0 Å². The maximum absolute atomic E-state index is 12.9. The van der Waals surface area contributed by atoms with Crippen LogP contribution in [-0.2, 0) is 18.4 Å². The van der Waals surface area contributed by atoms with Crippen molar-refractivity contribution >= 4 is 22.6 Å². The minimum absolute atomic E-state index is 0.0547. The minimum Gasteiger partial charge on any atom is -0.341 e. The quantitative estimate of drug-likeness (QED) is 0.581. The molecule has 3 aromatic rings. The molecule has 0 N–H and O–H groups in total. The molecule has 0 aliphatic carbocycles. The van der Waals surface area contributed by atoms with Crippen molar-refractivity contribution in [2.45, 2.75) is 33.7 Å². The lowest BCUT2D eigenvalue weighted by Gasteiger charge is -2.38. The van der Waals surface area contributed by atoms with Gasteiger partial charge in [-0.3, -0.25) is 28.4 Å². The molecule has 0 bridgehead atoms. The highest BCUT2D eigenvalue weighted by molar-refractivity contribution is 5.81. The number of aromatic nitrogens is 4.